The Morgan fingerprint density at radius 2 is 2.24 bits per heavy atom. The number of thioether (sulfide) groups is 1. The van der Waals surface area contributed by atoms with E-state index in [1.807, 2.05) is 43.1 Å². The van der Waals surface area contributed by atoms with Crippen LogP contribution < -0.4 is 10.9 Å². The van der Waals surface area contributed by atoms with Crippen LogP contribution in [0, 0.1) is 0 Å². The monoisotopic (exact) mass is 320 g/mol. The minimum absolute atomic E-state index is 0.0331. The number of aryl methyl sites for hydroxylation is 1. The second-order valence-corrected chi connectivity index (χ2v) is 6.63. The maximum atomic E-state index is 11.7. The smallest absolute Gasteiger partial charge is 0.250 e. The Balaban J connectivity index is 1.90. The Bertz CT molecular complexity index is 714. The first-order chi connectivity index (χ1) is 10.2. The molecule has 0 saturated heterocycles. The molecule has 0 amide bonds. The predicted molar refractivity (Wildman–Crippen MR) is 89.5 cm³/mol. The number of hydrogen-bond donors (Lipinski definition) is 1. The van der Waals surface area contributed by atoms with Crippen molar-refractivity contribution in [3.63, 3.8) is 0 Å². The molecule has 2 aromatic rings. The van der Waals surface area contributed by atoms with Crippen LogP contribution in [0.4, 0.5) is 5.69 Å². The van der Waals surface area contributed by atoms with Crippen molar-refractivity contribution in [2.75, 3.05) is 11.1 Å². The third-order valence-corrected chi connectivity index (χ3v) is 5.03. The largest absolute Gasteiger partial charge is 0.377 e. The third-order valence-electron chi connectivity index (χ3n) is 3.68. The molecule has 5 heteroatoms. The van der Waals surface area contributed by atoms with Crippen molar-refractivity contribution in [3.8, 4) is 0 Å². The molecular formula is C16H17ClN2OS. The van der Waals surface area contributed by atoms with E-state index >= 15 is 0 Å². The average molecular weight is 321 g/mol. The van der Waals surface area contributed by atoms with Crippen LogP contribution in [-0.4, -0.2) is 10.3 Å². The fourth-order valence-corrected chi connectivity index (χ4v) is 3.87. The van der Waals surface area contributed by atoms with Crippen molar-refractivity contribution in [3.05, 3.63) is 57.5 Å². The quantitative estimate of drug-likeness (QED) is 0.921. The van der Waals surface area contributed by atoms with Gasteiger partial charge in [-0.25, -0.2) is 0 Å². The molecule has 1 aliphatic rings. The summed E-state index contributed by atoms with van der Waals surface area (Å²) in [6, 6.07) is 9.76. The number of aromatic nitrogens is 1. The summed E-state index contributed by atoms with van der Waals surface area (Å²) in [5.74, 6) is 1.08. The molecule has 0 radical (unpaired) electrons. The fraction of sp³-hybridized carbons (Fsp3) is 0.312. The Labute approximate surface area is 133 Å². The summed E-state index contributed by atoms with van der Waals surface area (Å²) in [5, 5.41) is 4.30. The van der Waals surface area contributed by atoms with E-state index in [1.54, 1.807) is 10.6 Å². The van der Waals surface area contributed by atoms with Crippen LogP contribution in [0.5, 0.6) is 0 Å². The lowest BCUT2D eigenvalue weighted by atomic mass is 10.0. The molecule has 1 unspecified atom stereocenters. The van der Waals surface area contributed by atoms with Gasteiger partial charge in [-0.3, -0.25) is 4.79 Å². The Morgan fingerprint density at radius 1 is 1.38 bits per heavy atom. The molecule has 1 aromatic carbocycles. The first-order valence-corrected chi connectivity index (χ1v) is 8.43. The van der Waals surface area contributed by atoms with Crippen molar-refractivity contribution < 1.29 is 0 Å². The van der Waals surface area contributed by atoms with Gasteiger partial charge in [0.15, 0.2) is 0 Å². The highest BCUT2D eigenvalue weighted by atomic mass is 35.5. The number of nitrogens with zero attached hydrogens (tertiary/aromatic N) is 1. The van der Waals surface area contributed by atoms with Crippen LogP contribution >= 0.6 is 23.4 Å². The summed E-state index contributed by atoms with van der Waals surface area (Å²) >= 11 is 8.00. The second-order valence-electron chi connectivity index (χ2n) is 5.06. The zero-order valence-electron chi connectivity index (χ0n) is 11.8. The minimum atomic E-state index is 0.0331. The third kappa shape index (κ3) is 3.11. The maximum absolute atomic E-state index is 11.7. The van der Waals surface area contributed by atoms with Gasteiger partial charge in [-0.2, -0.15) is 0 Å². The van der Waals surface area contributed by atoms with Crippen LogP contribution in [-0.2, 0) is 6.54 Å². The number of hydrogen-bond acceptors (Lipinski definition) is 3. The van der Waals surface area contributed by atoms with Crippen molar-refractivity contribution in [1.29, 1.82) is 0 Å². The van der Waals surface area contributed by atoms with Gasteiger partial charge in [0.25, 0.3) is 5.56 Å². The Hall–Kier alpha value is -1.39. The number of pyridine rings is 1. The molecule has 0 aliphatic carbocycles. The molecule has 1 N–H and O–H groups in total. The Morgan fingerprint density at radius 3 is 3.05 bits per heavy atom. The number of rotatable bonds is 3. The van der Waals surface area contributed by atoms with Gasteiger partial charge < -0.3 is 9.88 Å². The summed E-state index contributed by atoms with van der Waals surface area (Å²) in [6.45, 7) is 2.65. The minimum Gasteiger partial charge on any atom is -0.377 e. The van der Waals surface area contributed by atoms with E-state index in [0.29, 0.717) is 6.54 Å². The lowest BCUT2D eigenvalue weighted by Gasteiger charge is -2.27. The number of nitrogens with one attached hydrogen (secondary N) is 1. The molecule has 1 aliphatic heterocycles. The molecule has 0 fully saturated rings. The molecule has 2 heterocycles. The van der Waals surface area contributed by atoms with Gasteiger partial charge >= 0.3 is 0 Å². The molecule has 1 atom stereocenters. The number of anilines is 1. The van der Waals surface area contributed by atoms with Gasteiger partial charge in [-0.15, -0.1) is 11.8 Å². The summed E-state index contributed by atoms with van der Waals surface area (Å²) in [4.78, 5) is 12.9. The van der Waals surface area contributed by atoms with E-state index in [2.05, 4.69) is 11.4 Å². The SMILES string of the molecule is CCn1cc(NC2CCSc3ccc(Cl)cc32)ccc1=O. The number of fused-ring (bicyclic) bond motifs is 1. The van der Waals surface area contributed by atoms with Crippen molar-refractivity contribution in [2.45, 2.75) is 30.8 Å². The number of halogens is 1. The lowest BCUT2D eigenvalue weighted by molar-refractivity contribution is 0.707. The van der Waals surface area contributed by atoms with Gasteiger partial charge in [-0.05, 0) is 43.2 Å². The highest BCUT2D eigenvalue weighted by Gasteiger charge is 2.21. The molecular weight excluding hydrogens is 304 g/mol. The molecule has 3 nitrogen and oxygen atoms in total. The van der Waals surface area contributed by atoms with Crippen LogP contribution in [0.3, 0.4) is 0 Å². The van der Waals surface area contributed by atoms with Crippen LogP contribution in [0.1, 0.15) is 24.9 Å². The molecule has 3 rings (SSSR count). The van der Waals surface area contributed by atoms with Gasteiger partial charge in [0.1, 0.15) is 0 Å². The van der Waals surface area contributed by atoms with Crippen LogP contribution in [0.25, 0.3) is 0 Å². The molecule has 1 aromatic heterocycles. The zero-order chi connectivity index (χ0) is 14.8. The molecule has 0 spiro atoms. The highest BCUT2D eigenvalue weighted by molar-refractivity contribution is 7.99. The van der Waals surface area contributed by atoms with Crippen molar-refractivity contribution in [1.82, 2.24) is 4.57 Å². The van der Waals surface area contributed by atoms with E-state index in [4.69, 9.17) is 11.6 Å². The van der Waals surface area contributed by atoms with E-state index in [-0.39, 0.29) is 11.6 Å². The summed E-state index contributed by atoms with van der Waals surface area (Å²) in [7, 11) is 0. The topological polar surface area (TPSA) is 34.0 Å². The molecule has 21 heavy (non-hydrogen) atoms. The summed E-state index contributed by atoms with van der Waals surface area (Å²) < 4.78 is 1.71. The van der Waals surface area contributed by atoms with Gasteiger partial charge in [0, 0.05) is 34.5 Å². The lowest BCUT2D eigenvalue weighted by Crippen LogP contribution is -2.20. The molecule has 0 saturated carbocycles. The first kappa shape index (κ1) is 14.5. The normalized spacial score (nSPS) is 17.3. The highest BCUT2D eigenvalue weighted by Crippen LogP contribution is 2.39. The molecule has 0 bridgehead atoms. The molecule has 110 valence electrons. The van der Waals surface area contributed by atoms with Crippen LogP contribution in [0.15, 0.2) is 46.2 Å². The van der Waals surface area contributed by atoms with Crippen molar-refractivity contribution in [2.24, 2.45) is 0 Å². The standard InChI is InChI=1S/C16H17ClN2OS/c1-2-19-10-12(4-6-16(19)20)18-14-7-8-21-15-5-3-11(17)9-13(14)15/h3-6,9-10,14,18H,2,7-8H2,1H3. The number of benzene rings is 1. The van der Waals surface area contributed by atoms with Gasteiger partial charge in [0.05, 0.1) is 11.7 Å². The average Bonchev–Trinajstić information content (AvgIpc) is 2.50. The fourth-order valence-electron chi connectivity index (χ4n) is 2.58. The van der Waals surface area contributed by atoms with Crippen molar-refractivity contribution >= 4 is 29.1 Å². The van der Waals surface area contributed by atoms with E-state index < -0.39 is 0 Å². The second kappa shape index (κ2) is 6.16. The van der Waals surface area contributed by atoms with Gasteiger partial charge in [0.2, 0.25) is 0 Å². The van der Waals surface area contributed by atoms with E-state index in [9.17, 15) is 4.79 Å². The van der Waals surface area contributed by atoms with Gasteiger partial charge in [-0.1, -0.05) is 11.6 Å². The Kier molecular flexibility index (Phi) is 4.27. The summed E-state index contributed by atoms with van der Waals surface area (Å²) in [6.07, 6.45) is 2.93. The van der Waals surface area contributed by atoms with E-state index in [1.165, 1.54) is 10.5 Å². The predicted octanol–water partition coefficient (Wildman–Crippen LogP) is 4.17. The van der Waals surface area contributed by atoms with E-state index in [0.717, 1.165) is 22.9 Å². The zero-order valence-corrected chi connectivity index (χ0v) is 13.4. The summed E-state index contributed by atoms with van der Waals surface area (Å²) in [5.41, 5.74) is 2.25. The maximum Gasteiger partial charge on any atom is 0.250 e. The van der Waals surface area contributed by atoms with Crippen LogP contribution in [0.2, 0.25) is 5.02 Å². The first-order valence-electron chi connectivity index (χ1n) is 7.06.